The van der Waals surface area contributed by atoms with Crippen LogP contribution in [0.5, 0.6) is 0 Å². The van der Waals surface area contributed by atoms with Crippen molar-refractivity contribution in [1.29, 1.82) is 0 Å². The number of thioether (sulfide) groups is 1. The van der Waals surface area contributed by atoms with Crippen molar-refractivity contribution in [2.24, 2.45) is 0 Å². The fourth-order valence-electron chi connectivity index (χ4n) is 2.62. The van der Waals surface area contributed by atoms with E-state index in [1.807, 2.05) is 55.1 Å². The van der Waals surface area contributed by atoms with E-state index in [9.17, 15) is 4.79 Å². The molecule has 3 rings (SSSR count). The van der Waals surface area contributed by atoms with Crippen LogP contribution in [0.25, 0.3) is 5.69 Å². The lowest BCUT2D eigenvalue weighted by atomic mass is 10.2. The SMILES string of the molecule is Cc1ccc(CSCCNC(=O)c2cc(C)n(-c3ccccc3)n2)cc1. The molecule has 134 valence electrons. The zero-order valence-electron chi connectivity index (χ0n) is 15.1. The fraction of sp³-hybridized carbons (Fsp3) is 0.238. The van der Waals surface area contributed by atoms with Gasteiger partial charge in [-0.05, 0) is 37.6 Å². The van der Waals surface area contributed by atoms with Crippen LogP contribution in [0.2, 0.25) is 0 Å². The van der Waals surface area contributed by atoms with E-state index in [2.05, 4.69) is 41.6 Å². The zero-order valence-corrected chi connectivity index (χ0v) is 15.9. The maximum atomic E-state index is 12.3. The molecular weight excluding hydrogens is 342 g/mol. The Bertz CT molecular complexity index is 857. The monoisotopic (exact) mass is 365 g/mol. The molecule has 1 aromatic heterocycles. The van der Waals surface area contributed by atoms with E-state index in [0.29, 0.717) is 12.2 Å². The number of hydrogen-bond acceptors (Lipinski definition) is 3. The molecule has 0 saturated heterocycles. The van der Waals surface area contributed by atoms with Crippen molar-refractivity contribution in [2.75, 3.05) is 12.3 Å². The smallest absolute Gasteiger partial charge is 0.271 e. The summed E-state index contributed by atoms with van der Waals surface area (Å²) in [5, 5.41) is 7.38. The molecule has 1 N–H and O–H groups in total. The van der Waals surface area contributed by atoms with Gasteiger partial charge in [0.2, 0.25) is 0 Å². The van der Waals surface area contributed by atoms with Crippen LogP contribution in [0, 0.1) is 13.8 Å². The molecule has 1 heterocycles. The Balaban J connectivity index is 1.47. The Hall–Kier alpha value is -2.53. The molecule has 0 aliphatic rings. The molecule has 5 heteroatoms. The van der Waals surface area contributed by atoms with Gasteiger partial charge in [-0.15, -0.1) is 0 Å². The average Bonchev–Trinajstić information content (AvgIpc) is 3.05. The van der Waals surface area contributed by atoms with Gasteiger partial charge in [-0.2, -0.15) is 16.9 Å². The predicted molar refractivity (Wildman–Crippen MR) is 108 cm³/mol. The summed E-state index contributed by atoms with van der Waals surface area (Å²) in [6, 6.07) is 20.2. The first kappa shape index (κ1) is 18.3. The van der Waals surface area contributed by atoms with Gasteiger partial charge in [-0.1, -0.05) is 48.0 Å². The van der Waals surface area contributed by atoms with Gasteiger partial charge in [0.05, 0.1) is 5.69 Å². The highest BCUT2D eigenvalue weighted by Crippen LogP contribution is 2.13. The van der Waals surface area contributed by atoms with Crippen molar-refractivity contribution in [3.63, 3.8) is 0 Å². The van der Waals surface area contributed by atoms with E-state index >= 15 is 0 Å². The molecule has 0 atom stereocenters. The van der Waals surface area contributed by atoms with Crippen LogP contribution in [0.1, 0.15) is 27.3 Å². The molecule has 1 amide bonds. The van der Waals surface area contributed by atoms with Crippen molar-refractivity contribution in [1.82, 2.24) is 15.1 Å². The van der Waals surface area contributed by atoms with Crippen LogP contribution in [-0.2, 0) is 5.75 Å². The lowest BCUT2D eigenvalue weighted by Gasteiger charge is -2.05. The molecule has 4 nitrogen and oxygen atoms in total. The van der Waals surface area contributed by atoms with Crippen molar-refractivity contribution in [3.05, 3.63) is 83.2 Å². The highest BCUT2D eigenvalue weighted by Gasteiger charge is 2.12. The van der Waals surface area contributed by atoms with Gasteiger partial charge in [-0.3, -0.25) is 4.79 Å². The Morgan fingerprint density at radius 2 is 1.81 bits per heavy atom. The summed E-state index contributed by atoms with van der Waals surface area (Å²) < 4.78 is 1.79. The Kier molecular flexibility index (Phi) is 6.12. The number of carbonyl (C=O) groups excluding carboxylic acids is 1. The number of carbonyl (C=O) groups is 1. The molecule has 0 aliphatic carbocycles. The molecule has 26 heavy (non-hydrogen) atoms. The van der Waals surface area contributed by atoms with E-state index in [0.717, 1.165) is 22.9 Å². The van der Waals surface area contributed by atoms with Gasteiger partial charge < -0.3 is 5.32 Å². The molecule has 0 saturated carbocycles. The molecule has 3 aromatic rings. The number of benzene rings is 2. The summed E-state index contributed by atoms with van der Waals surface area (Å²) in [7, 11) is 0. The molecule has 0 radical (unpaired) electrons. The minimum atomic E-state index is -0.126. The highest BCUT2D eigenvalue weighted by molar-refractivity contribution is 7.98. The van der Waals surface area contributed by atoms with Crippen LogP contribution in [0.4, 0.5) is 0 Å². The summed E-state index contributed by atoms with van der Waals surface area (Å²) in [4.78, 5) is 12.3. The third kappa shape index (κ3) is 4.76. The molecule has 0 unspecified atom stereocenters. The molecular formula is C21H23N3OS. The number of para-hydroxylation sites is 1. The predicted octanol–water partition coefficient (Wildman–Crippen LogP) is 4.15. The van der Waals surface area contributed by atoms with Gasteiger partial charge in [0, 0.05) is 23.7 Å². The van der Waals surface area contributed by atoms with Crippen LogP contribution in [-0.4, -0.2) is 28.0 Å². The van der Waals surface area contributed by atoms with Crippen molar-refractivity contribution >= 4 is 17.7 Å². The van der Waals surface area contributed by atoms with Gasteiger partial charge in [0.15, 0.2) is 5.69 Å². The first-order valence-electron chi connectivity index (χ1n) is 8.67. The largest absolute Gasteiger partial charge is 0.350 e. The Morgan fingerprint density at radius 1 is 1.08 bits per heavy atom. The van der Waals surface area contributed by atoms with E-state index < -0.39 is 0 Å². The van der Waals surface area contributed by atoms with Gasteiger partial charge >= 0.3 is 0 Å². The number of rotatable bonds is 7. The van der Waals surface area contributed by atoms with Gasteiger partial charge in [0.25, 0.3) is 5.91 Å². The van der Waals surface area contributed by atoms with Crippen molar-refractivity contribution < 1.29 is 4.79 Å². The van der Waals surface area contributed by atoms with Crippen LogP contribution < -0.4 is 5.32 Å². The molecule has 0 spiro atoms. The molecule has 0 aliphatic heterocycles. The van der Waals surface area contributed by atoms with Crippen molar-refractivity contribution in [3.8, 4) is 5.69 Å². The number of nitrogens with one attached hydrogen (secondary N) is 1. The lowest BCUT2D eigenvalue weighted by Crippen LogP contribution is -2.26. The second-order valence-corrected chi connectivity index (χ2v) is 7.32. The third-order valence-electron chi connectivity index (χ3n) is 4.04. The number of hydrogen-bond donors (Lipinski definition) is 1. The molecule has 0 bridgehead atoms. The maximum Gasteiger partial charge on any atom is 0.271 e. The zero-order chi connectivity index (χ0) is 18.4. The highest BCUT2D eigenvalue weighted by atomic mass is 32.2. The van der Waals surface area contributed by atoms with Crippen molar-refractivity contribution in [2.45, 2.75) is 19.6 Å². The standard InChI is InChI=1S/C21H23N3OS/c1-16-8-10-18(11-9-16)15-26-13-12-22-21(25)20-14-17(2)24(23-20)19-6-4-3-5-7-19/h3-11,14H,12-13,15H2,1-2H3,(H,22,25). The summed E-state index contributed by atoms with van der Waals surface area (Å²) in [5.41, 5.74) is 4.93. The second kappa shape index (κ2) is 8.72. The van der Waals surface area contributed by atoms with Crippen LogP contribution in [0.15, 0.2) is 60.7 Å². The fourth-order valence-corrected chi connectivity index (χ4v) is 3.44. The minimum Gasteiger partial charge on any atom is -0.350 e. The van der Waals surface area contributed by atoms with Gasteiger partial charge in [0.1, 0.15) is 0 Å². The summed E-state index contributed by atoms with van der Waals surface area (Å²) in [6.45, 7) is 4.67. The quantitative estimate of drug-likeness (QED) is 0.640. The first-order chi connectivity index (χ1) is 12.6. The summed E-state index contributed by atoms with van der Waals surface area (Å²) in [5.74, 6) is 1.70. The van der Waals surface area contributed by atoms with E-state index in [4.69, 9.17) is 0 Å². The molecule has 2 aromatic carbocycles. The molecule has 0 fully saturated rings. The second-order valence-electron chi connectivity index (χ2n) is 6.21. The van der Waals surface area contributed by atoms with E-state index in [1.165, 1.54) is 11.1 Å². The Labute approximate surface area is 158 Å². The van der Waals surface area contributed by atoms with Crippen LogP contribution in [0.3, 0.4) is 0 Å². The topological polar surface area (TPSA) is 46.9 Å². The van der Waals surface area contributed by atoms with Gasteiger partial charge in [-0.25, -0.2) is 4.68 Å². The number of aryl methyl sites for hydroxylation is 2. The van der Waals surface area contributed by atoms with Crippen LogP contribution >= 0.6 is 11.8 Å². The summed E-state index contributed by atoms with van der Waals surface area (Å²) >= 11 is 1.81. The lowest BCUT2D eigenvalue weighted by molar-refractivity contribution is 0.0951. The number of nitrogens with zero attached hydrogens (tertiary/aromatic N) is 2. The number of amides is 1. The minimum absolute atomic E-state index is 0.126. The first-order valence-corrected chi connectivity index (χ1v) is 9.82. The Morgan fingerprint density at radius 3 is 2.54 bits per heavy atom. The average molecular weight is 366 g/mol. The number of aromatic nitrogens is 2. The van der Waals surface area contributed by atoms with E-state index in [1.54, 1.807) is 4.68 Å². The van der Waals surface area contributed by atoms with E-state index in [-0.39, 0.29) is 5.91 Å². The summed E-state index contributed by atoms with van der Waals surface area (Å²) in [6.07, 6.45) is 0. The third-order valence-corrected chi connectivity index (χ3v) is 5.07. The maximum absolute atomic E-state index is 12.3. The normalized spacial score (nSPS) is 10.7.